The molecule has 0 fully saturated rings. The molecule has 0 saturated carbocycles. The Morgan fingerprint density at radius 1 is 1.41 bits per heavy atom. The molecule has 94 valence electrons. The fourth-order valence-electron chi connectivity index (χ4n) is 2.00. The van der Waals surface area contributed by atoms with Crippen molar-refractivity contribution in [2.24, 2.45) is 5.73 Å². The Hall–Kier alpha value is -1.22. The smallest absolute Gasteiger partial charge is 0.122 e. The maximum Gasteiger partial charge on any atom is 0.122 e. The van der Waals surface area contributed by atoms with Gasteiger partial charge in [0.25, 0.3) is 0 Å². The number of rotatable bonds is 4. The fraction of sp³-hybridized carbons (Fsp3) is 0.571. The van der Waals surface area contributed by atoms with Crippen LogP contribution in [0.15, 0.2) is 18.2 Å². The average Bonchev–Trinajstić information content (AvgIpc) is 2.27. The van der Waals surface area contributed by atoms with Gasteiger partial charge in [0.2, 0.25) is 0 Å². The van der Waals surface area contributed by atoms with Gasteiger partial charge >= 0.3 is 0 Å². The van der Waals surface area contributed by atoms with Crippen molar-refractivity contribution in [2.45, 2.75) is 38.6 Å². The molecule has 0 bridgehead atoms. The van der Waals surface area contributed by atoms with Crippen molar-refractivity contribution in [3.63, 3.8) is 0 Å². The quantitative estimate of drug-likeness (QED) is 0.841. The van der Waals surface area contributed by atoms with Crippen LogP contribution in [0.1, 0.15) is 32.3 Å². The average molecular weight is 234 g/mol. The van der Waals surface area contributed by atoms with Gasteiger partial charge in [0, 0.05) is 17.8 Å². The molecule has 1 aliphatic rings. The van der Waals surface area contributed by atoms with Crippen molar-refractivity contribution < 1.29 is 4.74 Å². The zero-order valence-electron chi connectivity index (χ0n) is 10.8. The van der Waals surface area contributed by atoms with Crippen LogP contribution in [0, 0.1) is 0 Å². The normalized spacial score (nSPS) is 15.0. The van der Waals surface area contributed by atoms with E-state index < -0.39 is 0 Å². The lowest BCUT2D eigenvalue weighted by Crippen LogP contribution is -2.34. The summed E-state index contributed by atoms with van der Waals surface area (Å²) in [5.74, 6) is 1.04. The maximum absolute atomic E-state index is 5.95. The summed E-state index contributed by atoms with van der Waals surface area (Å²) < 4.78 is 5.59. The first-order valence-electron chi connectivity index (χ1n) is 6.33. The Balaban J connectivity index is 1.93. The van der Waals surface area contributed by atoms with Crippen LogP contribution in [0.5, 0.6) is 5.75 Å². The number of nitrogens with one attached hydrogen (secondary N) is 1. The molecule has 0 unspecified atom stereocenters. The monoisotopic (exact) mass is 234 g/mol. The van der Waals surface area contributed by atoms with E-state index in [1.54, 1.807) is 0 Å². The van der Waals surface area contributed by atoms with Gasteiger partial charge in [0.15, 0.2) is 0 Å². The molecule has 17 heavy (non-hydrogen) atoms. The molecule has 3 heteroatoms. The minimum absolute atomic E-state index is 0.107. The van der Waals surface area contributed by atoms with Crippen molar-refractivity contribution in [2.75, 3.05) is 18.5 Å². The number of nitrogens with two attached hydrogens (primary N) is 1. The molecular weight excluding hydrogens is 212 g/mol. The molecule has 1 aromatic carbocycles. The molecule has 0 aromatic heterocycles. The van der Waals surface area contributed by atoms with Gasteiger partial charge in [-0.15, -0.1) is 0 Å². The molecule has 0 spiro atoms. The highest BCUT2D eigenvalue weighted by atomic mass is 16.5. The second kappa shape index (κ2) is 4.96. The highest BCUT2D eigenvalue weighted by Crippen LogP contribution is 2.27. The van der Waals surface area contributed by atoms with E-state index in [-0.39, 0.29) is 5.54 Å². The molecule has 1 aromatic rings. The van der Waals surface area contributed by atoms with Crippen LogP contribution in [-0.2, 0) is 6.42 Å². The summed E-state index contributed by atoms with van der Waals surface area (Å²) in [6.45, 7) is 5.86. The van der Waals surface area contributed by atoms with Crippen LogP contribution in [0.4, 0.5) is 5.69 Å². The lowest BCUT2D eigenvalue weighted by Gasteiger charge is -2.20. The van der Waals surface area contributed by atoms with E-state index in [2.05, 4.69) is 37.4 Å². The number of benzene rings is 1. The molecule has 0 radical (unpaired) electrons. The molecule has 1 aliphatic heterocycles. The minimum atomic E-state index is -0.107. The Morgan fingerprint density at radius 3 is 3.00 bits per heavy atom. The maximum atomic E-state index is 5.95. The summed E-state index contributed by atoms with van der Waals surface area (Å²) in [5, 5.41) is 3.42. The lowest BCUT2D eigenvalue weighted by atomic mass is 10.0. The summed E-state index contributed by atoms with van der Waals surface area (Å²) >= 11 is 0. The standard InChI is InChI=1S/C14H22N2O/c1-14(2,15)7-8-16-12-5-6-13-11(10-12)4-3-9-17-13/h5-6,10,16H,3-4,7-9,15H2,1-2H3. The number of aryl methyl sites for hydroxylation is 1. The first-order valence-corrected chi connectivity index (χ1v) is 6.33. The van der Waals surface area contributed by atoms with Gasteiger partial charge in [-0.1, -0.05) is 0 Å². The van der Waals surface area contributed by atoms with Crippen LogP contribution in [0.2, 0.25) is 0 Å². The zero-order valence-corrected chi connectivity index (χ0v) is 10.8. The molecule has 0 amide bonds. The van der Waals surface area contributed by atoms with E-state index in [4.69, 9.17) is 10.5 Å². The van der Waals surface area contributed by atoms with E-state index in [9.17, 15) is 0 Å². The molecule has 1 heterocycles. The zero-order chi connectivity index (χ0) is 12.3. The summed E-state index contributed by atoms with van der Waals surface area (Å²) in [5.41, 5.74) is 8.32. The van der Waals surface area contributed by atoms with E-state index >= 15 is 0 Å². The predicted molar refractivity (Wildman–Crippen MR) is 71.6 cm³/mol. The third kappa shape index (κ3) is 3.63. The largest absolute Gasteiger partial charge is 0.493 e. The molecule has 0 saturated heterocycles. The molecule has 2 rings (SSSR count). The summed E-state index contributed by atoms with van der Waals surface area (Å²) in [7, 11) is 0. The minimum Gasteiger partial charge on any atom is -0.493 e. The van der Waals surface area contributed by atoms with E-state index in [0.29, 0.717) is 0 Å². The van der Waals surface area contributed by atoms with Gasteiger partial charge in [0.05, 0.1) is 6.61 Å². The van der Waals surface area contributed by atoms with E-state index in [0.717, 1.165) is 38.2 Å². The van der Waals surface area contributed by atoms with Crippen LogP contribution in [-0.4, -0.2) is 18.7 Å². The van der Waals surface area contributed by atoms with Crippen molar-refractivity contribution in [1.82, 2.24) is 0 Å². The molecule has 0 aliphatic carbocycles. The lowest BCUT2D eigenvalue weighted by molar-refractivity contribution is 0.288. The number of anilines is 1. The number of ether oxygens (including phenoxy) is 1. The molecular formula is C14H22N2O. The van der Waals surface area contributed by atoms with Gasteiger partial charge in [-0.05, 0) is 56.9 Å². The van der Waals surface area contributed by atoms with Crippen molar-refractivity contribution in [1.29, 1.82) is 0 Å². The third-order valence-corrected chi connectivity index (χ3v) is 3.01. The SMILES string of the molecule is CC(C)(N)CCNc1ccc2c(c1)CCCO2. The van der Waals surface area contributed by atoms with Crippen LogP contribution in [0.25, 0.3) is 0 Å². The van der Waals surface area contributed by atoms with Crippen LogP contribution in [0.3, 0.4) is 0 Å². The van der Waals surface area contributed by atoms with Gasteiger partial charge in [-0.25, -0.2) is 0 Å². The van der Waals surface area contributed by atoms with Gasteiger partial charge < -0.3 is 15.8 Å². The highest BCUT2D eigenvalue weighted by molar-refractivity contribution is 5.51. The highest BCUT2D eigenvalue weighted by Gasteiger charge is 2.12. The van der Waals surface area contributed by atoms with Crippen LogP contribution < -0.4 is 15.8 Å². The summed E-state index contributed by atoms with van der Waals surface area (Å²) in [6, 6.07) is 6.33. The first-order chi connectivity index (χ1) is 8.04. The Kier molecular flexibility index (Phi) is 3.57. The second-order valence-corrected chi connectivity index (χ2v) is 5.44. The second-order valence-electron chi connectivity index (χ2n) is 5.44. The Bertz CT molecular complexity index is 382. The first kappa shape index (κ1) is 12.2. The summed E-state index contributed by atoms with van der Waals surface area (Å²) in [6.07, 6.45) is 3.19. The van der Waals surface area contributed by atoms with Gasteiger partial charge in [0.1, 0.15) is 5.75 Å². The fourth-order valence-corrected chi connectivity index (χ4v) is 2.00. The number of hydrogen-bond donors (Lipinski definition) is 2. The Labute approximate surface area is 103 Å². The Morgan fingerprint density at radius 2 is 2.24 bits per heavy atom. The van der Waals surface area contributed by atoms with Crippen molar-refractivity contribution in [3.05, 3.63) is 23.8 Å². The van der Waals surface area contributed by atoms with E-state index in [1.165, 1.54) is 11.3 Å². The number of fused-ring (bicyclic) bond motifs is 1. The molecule has 0 atom stereocenters. The summed E-state index contributed by atoms with van der Waals surface area (Å²) in [4.78, 5) is 0. The molecule has 3 nitrogen and oxygen atoms in total. The van der Waals surface area contributed by atoms with Crippen molar-refractivity contribution in [3.8, 4) is 5.75 Å². The van der Waals surface area contributed by atoms with Gasteiger partial charge in [-0.3, -0.25) is 0 Å². The van der Waals surface area contributed by atoms with Crippen LogP contribution >= 0.6 is 0 Å². The third-order valence-electron chi connectivity index (χ3n) is 3.01. The van der Waals surface area contributed by atoms with Gasteiger partial charge in [-0.2, -0.15) is 0 Å². The van der Waals surface area contributed by atoms with E-state index in [1.807, 2.05) is 0 Å². The predicted octanol–water partition coefficient (Wildman–Crippen LogP) is 2.55. The topological polar surface area (TPSA) is 47.3 Å². The molecule has 3 N–H and O–H groups in total. The van der Waals surface area contributed by atoms with Crippen molar-refractivity contribution >= 4 is 5.69 Å². The number of hydrogen-bond acceptors (Lipinski definition) is 3.